The minimum absolute atomic E-state index is 0.251. The number of anilines is 1. The van der Waals surface area contributed by atoms with Gasteiger partial charge in [-0.05, 0) is 42.5 Å². The fourth-order valence-electron chi connectivity index (χ4n) is 2.14. The molecule has 0 unspecified atom stereocenters. The summed E-state index contributed by atoms with van der Waals surface area (Å²) >= 11 is 0. The lowest BCUT2D eigenvalue weighted by Gasteiger charge is -2.12. The number of ether oxygens (including phenoxy) is 3. The Morgan fingerprint density at radius 1 is 0.964 bits per heavy atom. The molecule has 2 amide bonds. The number of esters is 1. The predicted molar refractivity (Wildman–Crippen MR) is 97.9 cm³/mol. The van der Waals surface area contributed by atoms with Gasteiger partial charge < -0.3 is 24.8 Å². The van der Waals surface area contributed by atoms with Crippen LogP contribution in [-0.2, 0) is 14.3 Å². The van der Waals surface area contributed by atoms with E-state index in [-0.39, 0.29) is 30.2 Å². The molecule has 0 saturated heterocycles. The Bertz CT molecular complexity index is 854. The maximum atomic E-state index is 12.8. The number of methoxy groups -OCH3 is 2. The lowest BCUT2D eigenvalue weighted by atomic mass is 10.2. The van der Waals surface area contributed by atoms with Gasteiger partial charge in [0.15, 0.2) is 18.1 Å². The molecule has 0 atom stereocenters. The molecule has 0 aliphatic heterocycles. The van der Waals surface area contributed by atoms with E-state index in [1.807, 2.05) is 0 Å². The standard InChI is InChI=1S/C19H19FN2O6/c1-26-16-9-12(19(25)27-2)3-8-15(16)28-11-18(24)21-10-17(23)22-14-6-4-13(20)5-7-14/h3-9H,10-11H2,1-2H3,(H,21,24)(H,22,23). The second-order valence-corrected chi connectivity index (χ2v) is 5.48. The van der Waals surface area contributed by atoms with E-state index in [2.05, 4.69) is 15.4 Å². The Kier molecular flexibility index (Phi) is 7.32. The maximum Gasteiger partial charge on any atom is 0.337 e. The number of carbonyl (C=O) groups excluding carboxylic acids is 3. The highest BCUT2D eigenvalue weighted by Crippen LogP contribution is 2.28. The lowest BCUT2D eigenvalue weighted by molar-refractivity contribution is -0.125. The van der Waals surface area contributed by atoms with Gasteiger partial charge in [-0.15, -0.1) is 0 Å². The van der Waals surface area contributed by atoms with Crippen LogP contribution in [0.4, 0.5) is 10.1 Å². The molecule has 0 bridgehead atoms. The van der Waals surface area contributed by atoms with Crippen molar-refractivity contribution in [1.82, 2.24) is 5.32 Å². The molecule has 28 heavy (non-hydrogen) atoms. The molecule has 0 heterocycles. The highest BCUT2D eigenvalue weighted by Gasteiger charge is 2.13. The Hall–Kier alpha value is -3.62. The van der Waals surface area contributed by atoms with E-state index in [9.17, 15) is 18.8 Å². The number of benzene rings is 2. The van der Waals surface area contributed by atoms with Crippen LogP contribution < -0.4 is 20.1 Å². The van der Waals surface area contributed by atoms with Crippen LogP contribution in [0, 0.1) is 5.82 Å². The predicted octanol–water partition coefficient (Wildman–Crippen LogP) is 1.75. The smallest absolute Gasteiger partial charge is 0.337 e. The van der Waals surface area contributed by atoms with E-state index in [0.29, 0.717) is 5.69 Å². The summed E-state index contributed by atoms with van der Waals surface area (Å²) < 4.78 is 27.9. The van der Waals surface area contributed by atoms with Gasteiger partial charge in [0.1, 0.15) is 5.82 Å². The first-order chi connectivity index (χ1) is 13.4. The monoisotopic (exact) mass is 390 g/mol. The zero-order chi connectivity index (χ0) is 20.5. The molecule has 2 aromatic carbocycles. The number of amides is 2. The fraction of sp³-hybridized carbons (Fsp3) is 0.211. The Morgan fingerprint density at radius 3 is 2.32 bits per heavy atom. The van der Waals surface area contributed by atoms with Crippen LogP contribution in [0.2, 0.25) is 0 Å². The van der Waals surface area contributed by atoms with Crippen molar-refractivity contribution < 1.29 is 33.0 Å². The first-order valence-electron chi connectivity index (χ1n) is 8.14. The molecule has 2 aromatic rings. The molecule has 8 nitrogen and oxygen atoms in total. The second-order valence-electron chi connectivity index (χ2n) is 5.48. The largest absolute Gasteiger partial charge is 0.493 e. The zero-order valence-electron chi connectivity index (χ0n) is 15.3. The Balaban J connectivity index is 1.82. The van der Waals surface area contributed by atoms with Crippen molar-refractivity contribution in [2.24, 2.45) is 0 Å². The molecule has 0 fully saturated rings. The van der Waals surface area contributed by atoms with Crippen molar-refractivity contribution in [3.63, 3.8) is 0 Å². The van der Waals surface area contributed by atoms with E-state index >= 15 is 0 Å². The summed E-state index contributed by atoms with van der Waals surface area (Å²) in [5.74, 6) is -1.45. The van der Waals surface area contributed by atoms with Crippen molar-refractivity contribution >= 4 is 23.5 Å². The molecule has 2 N–H and O–H groups in total. The van der Waals surface area contributed by atoms with Gasteiger partial charge in [0.25, 0.3) is 5.91 Å². The molecule has 0 aliphatic carbocycles. The summed E-state index contributed by atoms with van der Waals surface area (Å²) in [6, 6.07) is 9.60. The molecule has 0 spiro atoms. The Labute approximate surface area is 160 Å². The van der Waals surface area contributed by atoms with Gasteiger partial charge in [-0.1, -0.05) is 0 Å². The molecule has 0 aliphatic rings. The topological polar surface area (TPSA) is 103 Å². The van der Waals surface area contributed by atoms with Gasteiger partial charge in [0.2, 0.25) is 5.91 Å². The van der Waals surface area contributed by atoms with E-state index in [0.717, 1.165) is 0 Å². The molecule has 0 radical (unpaired) electrons. The fourth-order valence-corrected chi connectivity index (χ4v) is 2.14. The van der Waals surface area contributed by atoms with E-state index in [4.69, 9.17) is 9.47 Å². The van der Waals surface area contributed by atoms with Crippen molar-refractivity contribution in [3.05, 3.63) is 53.8 Å². The molecule has 0 saturated carbocycles. The van der Waals surface area contributed by atoms with Crippen LogP contribution in [0.1, 0.15) is 10.4 Å². The summed E-state index contributed by atoms with van der Waals surface area (Å²) in [4.78, 5) is 35.2. The van der Waals surface area contributed by atoms with Crippen LogP contribution in [0.15, 0.2) is 42.5 Å². The van der Waals surface area contributed by atoms with Crippen LogP contribution >= 0.6 is 0 Å². The van der Waals surface area contributed by atoms with Gasteiger partial charge in [0.05, 0.1) is 26.3 Å². The van der Waals surface area contributed by atoms with Gasteiger partial charge in [-0.3, -0.25) is 9.59 Å². The van der Waals surface area contributed by atoms with Crippen molar-refractivity contribution in [2.75, 3.05) is 32.7 Å². The molecule has 2 rings (SSSR count). The van der Waals surface area contributed by atoms with Crippen molar-refractivity contribution in [2.45, 2.75) is 0 Å². The highest BCUT2D eigenvalue weighted by atomic mass is 19.1. The number of rotatable bonds is 8. The molecule has 148 valence electrons. The van der Waals surface area contributed by atoms with Crippen molar-refractivity contribution in [3.8, 4) is 11.5 Å². The molecular formula is C19H19FN2O6. The number of halogens is 1. The summed E-state index contributed by atoms with van der Waals surface area (Å²) in [7, 11) is 2.65. The van der Waals surface area contributed by atoms with Gasteiger partial charge in [0, 0.05) is 5.69 Å². The number of hydrogen-bond donors (Lipinski definition) is 2. The van der Waals surface area contributed by atoms with Crippen LogP contribution in [-0.4, -0.2) is 45.2 Å². The number of carbonyl (C=O) groups is 3. The van der Waals surface area contributed by atoms with E-state index < -0.39 is 23.6 Å². The van der Waals surface area contributed by atoms with Crippen LogP contribution in [0.3, 0.4) is 0 Å². The highest BCUT2D eigenvalue weighted by molar-refractivity contribution is 5.94. The summed E-state index contributed by atoms with van der Waals surface area (Å²) in [5, 5.41) is 4.91. The third kappa shape index (κ3) is 5.97. The van der Waals surface area contributed by atoms with Gasteiger partial charge >= 0.3 is 5.97 Å². The van der Waals surface area contributed by atoms with Gasteiger partial charge in [-0.25, -0.2) is 9.18 Å². The number of hydrogen-bond acceptors (Lipinski definition) is 6. The van der Waals surface area contributed by atoms with E-state index in [1.165, 1.54) is 56.7 Å². The summed E-state index contributed by atoms with van der Waals surface area (Å²) in [5.41, 5.74) is 0.681. The molecular weight excluding hydrogens is 371 g/mol. The summed E-state index contributed by atoms with van der Waals surface area (Å²) in [6.07, 6.45) is 0. The lowest BCUT2D eigenvalue weighted by Crippen LogP contribution is -2.35. The first kappa shape index (κ1) is 20.7. The van der Waals surface area contributed by atoms with Crippen LogP contribution in [0.25, 0.3) is 0 Å². The minimum Gasteiger partial charge on any atom is -0.493 e. The average molecular weight is 390 g/mol. The second kappa shape index (κ2) is 9.91. The van der Waals surface area contributed by atoms with E-state index in [1.54, 1.807) is 0 Å². The Morgan fingerprint density at radius 2 is 1.68 bits per heavy atom. The molecule has 0 aromatic heterocycles. The summed E-state index contributed by atoms with van der Waals surface area (Å²) in [6.45, 7) is -0.643. The third-order valence-corrected chi connectivity index (χ3v) is 3.52. The van der Waals surface area contributed by atoms with Crippen molar-refractivity contribution in [1.29, 1.82) is 0 Å². The maximum absolute atomic E-state index is 12.8. The SMILES string of the molecule is COC(=O)c1ccc(OCC(=O)NCC(=O)Nc2ccc(F)cc2)c(OC)c1. The average Bonchev–Trinajstić information content (AvgIpc) is 2.71. The quantitative estimate of drug-likeness (QED) is 0.666. The third-order valence-electron chi connectivity index (χ3n) is 3.52. The van der Waals surface area contributed by atoms with Crippen LogP contribution in [0.5, 0.6) is 11.5 Å². The first-order valence-corrected chi connectivity index (χ1v) is 8.14. The normalized spacial score (nSPS) is 9.96. The number of nitrogens with one attached hydrogen (secondary N) is 2. The minimum atomic E-state index is -0.534. The zero-order valence-corrected chi connectivity index (χ0v) is 15.3. The van der Waals surface area contributed by atoms with Gasteiger partial charge in [-0.2, -0.15) is 0 Å². The molecule has 9 heteroatoms.